The second kappa shape index (κ2) is 6.65. The summed E-state index contributed by atoms with van der Waals surface area (Å²) in [4.78, 5) is 13.1. The Morgan fingerprint density at radius 3 is 2.55 bits per heavy atom. The van der Waals surface area contributed by atoms with Gasteiger partial charge in [-0.2, -0.15) is 0 Å². The Morgan fingerprint density at radius 1 is 1.14 bits per heavy atom. The topological polar surface area (TPSA) is 74.0 Å². The molecule has 2 aromatic heterocycles. The molecule has 1 unspecified atom stereocenters. The maximum atomic E-state index is 15.2. The summed E-state index contributed by atoms with van der Waals surface area (Å²) in [5.41, 5.74) is 5.23. The minimum Gasteiger partial charge on any atom is -0.396 e. The fourth-order valence-electron chi connectivity index (χ4n) is 3.76. The predicted molar refractivity (Wildman–Crippen MR) is 105 cm³/mol. The summed E-state index contributed by atoms with van der Waals surface area (Å²) in [7, 11) is 0. The highest BCUT2D eigenvalue weighted by Gasteiger charge is 2.24. The third kappa shape index (κ3) is 2.70. The first-order chi connectivity index (χ1) is 13.8. The van der Waals surface area contributed by atoms with Crippen LogP contribution in [0.15, 0.2) is 33.8 Å². The van der Waals surface area contributed by atoms with Crippen molar-refractivity contribution in [2.75, 3.05) is 5.73 Å². The van der Waals surface area contributed by atoms with Crippen molar-refractivity contribution in [1.82, 2.24) is 9.72 Å². The van der Waals surface area contributed by atoms with Gasteiger partial charge in [-0.1, -0.05) is 12.1 Å². The van der Waals surface area contributed by atoms with Gasteiger partial charge >= 0.3 is 0 Å². The molecule has 0 amide bonds. The monoisotopic (exact) mass is 401 g/mol. The summed E-state index contributed by atoms with van der Waals surface area (Å²) in [6.45, 7) is 5.33. The summed E-state index contributed by atoms with van der Waals surface area (Å²) in [6, 6.07) is 2.63. The summed E-state index contributed by atoms with van der Waals surface area (Å²) < 4.78 is 50.2. The highest BCUT2D eigenvalue weighted by molar-refractivity contribution is 6.05. The van der Waals surface area contributed by atoms with Crippen molar-refractivity contribution in [2.45, 2.75) is 33.2 Å². The average Bonchev–Trinajstić information content (AvgIpc) is 3.17. The lowest BCUT2D eigenvalue weighted by Gasteiger charge is -2.21. The normalized spacial score (nSPS) is 12.8. The molecule has 0 bridgehead atoms. The molecule has 5 nitrogen and oxygen atoms in total. The molecule has 0 spiro atoms. The Bertz CT molecular complexity index is 1340. The molecule has 2 aromatic carbocycles. The molecule has 0 saturated heterocycles. The number of nitrogens with zero attached hydrogens (tertiary/aromatic N) is 2. The Morgan fingerprint density at radius 2 is 1.86 bits per heavy atom. The fraction of sp³-hybridized carbons (Fsp3) is 0.238. The molecule has 0 saturated carbocycles. The number of benzene rings is 2. The van der Waals surface area contributed by atoms with Crippen LogP contribution in [0.3, 0.4) is 0 Å². The zero-order valence-corrected chi connectivity index (χ0v) is 16.0. The molecule has 150 valence electrons. The highest BCUT2D eigenvalue weighted by atomic mass is 19.1. The molecule has 1 atom stereocenters. The van der Waals surface area contributed by atoms with Crippen LogP contribution in [0.1, 0.15) is 31.9 Å². The number of hydrogen-bond donors (Lipinski definition) is 1. The van der Waals surface area contributed by atoms with Crippen molar-refractivity contribution in [3.05, 3.63) is 57.8 Å². The summed E-state index contributed by atoms with van der Waals surface area (Å²) in [5.74, 6) is -2.48. The van der Waals surface area contributed by atoms with Crippen molar-refractivity contribution >= 4 is 27.5 Å². The third-order valence-electron chi connectivity index (χ3n) is 5.40. The van der Waals surface area contributed by atoms with Gasteiger partial charge in [0.25, 0.3) is 5.56 Å². The lowest BCUT2D eigenvalue weighted by molar-refractivity contribution is 0.428. The molecule has 8 heteroatoms. The van der Waals surface area contributed by atoms with Gasteiger partial charge in [0.15, 0.2) is 0 Å². The lowest BCUT2D eigenvalue weighted by Crippen LogP contribution is -2.24. The Hall–Kier alpha value is -3.29. The molecule has 4 aromatic rings. The van der Waals surface area contributed by atoms with E-state index in [1.165, 1.54) is 16.9 Å². The highest BCUT2D eigenvalue weighted by Crippen LogP contribution is 2.37. The average molecular weight is 401 g/mol. The van der Waals surface area contributed by atoms with Gasteiger partial charge in [0, 0.05) is 28.6 Å². The van der Waals surface area contributed by atoms with Crippen LogP contribution >= 0.6 is 0 Å². The van der Waals surface area contributed by atoms with Crippen LogP contribution in [0.2, 0.25) is 0 Å². The van der Waals surface area contributed by atoms with E-state index in [9.17, 15) is 13.6 Å². The van der Waals surface area contributed by atoms with E-state index < -0.39 is 17.5 Å². The van der Waals surface area contributed by atoms with E-state index in [0.717, 1.165) is 12.1 Å². The van der Waals surface area contributed by atoms with Gasteiger partial charge in [0.05, 0.1) is 11.2 Å². The molecule has 0 fully saturated rings. The molecule has 0 radical (unpaired) electrons. The number of aryl methyl sites for hydroxylation is 1. The van der Waals surface area contributed by atoms with Crippen LogP contribution in [-0.4, -0.2) is 9.72 Å². The minimum atomic E-state index is -0.856. The fourth-order valence-corrected chi connectivity index (χ4v) is 3.76. The first kappa shape index (κ1) is 19.0. The van der Waals surface area contributed by atoms with Gasteiger partial charge in [-0.15, -0.1) is 0 Å². The van der Waals surface area contributed by atoms with Crippen molar-refractivity contribution in [3.63, 3.8) is 0 Å². The first-order valence-electron chi connectivity index (χ1n) is 9.12. The van der Waals surface area contributed by atoms with Crippen LogP contribution in [0.4, 0.5) is 18.9 Å². The van der Waals surface area contributed by atoms with Crippen LogP contribution in [0.5, 0.6) is 0 Å². The maximum absolute atomic E-state index is 15.2. The van der Waals surface area contributed by atoms with E-state index in [2.05, 4.69) is 5.16 Å². The van der Waals surface area contributed by atoms with Gasteiger partial charge in [-0.05, 0) is 38.0 Å². The van der Waals surface area contributed by atoms with Crippen LogP contribution in [0, 0.1) is 24.4 Å². The van der Waals surface area contributed by atoms with Crippen molar-refractivity contribution in [1.29, 1.82) is 0 Å². The number of halogens is 3. The Labute approximate surface area is 163 Å². The standard InChI is InChI=1S/C21H18F3N3O2/c1-4-9(2)27-20-10(3)18(11-5-15(23)17(25)7-14(11)22)16(24)6-12(20)19-13(21(27)28)8-29-26-19/h5-9H,4,25H2,1-3H3. The summed E-state index contributed by atoms with van der Waals surface area (Å²) in [6.07, 6.45) is 1.86. The Kier molecular flexibility index (Phi) is 4.37. The number of pyridine rings is 1. The SMILES string of the molecule is CCC(C)n1c(=O)c2conc2c2cc(F)c(-c3cc(F)c(N)cc3F)c(C)c21. The number of nitrogens with two attached hydrogens (primary N) is 1. The molecule has 0 aliphatic carbocycles. The minimum absolute atomic E-state index is 0.131. The number of aromatic nitrogens is 2. The number of nitrogen functional groups attached to an aromatic ring is 1. The zero-order chi connectivity index (χ0) is 21.0. The molecule has 29 heavy (non-hydrogen) atoms. The molecule has 0 aliphatic rings. The van der Waals surface area contributed by atoms with E-state index in [0.29, 0.717) is 22.9 Å². The second-order valence-electron chi connectivity index (χ2n) is 7.12. The molecular formula is C21H18F3N3O2. The molecular weight excluding hydrogens is 383 g/mol. The smallest absolute Gasteiger partial charge is 0.264 e. The molecule has 0 aliphatic heterocycles. The number of rotatable bonds is 3. The van der Waals surface area contributed by atoms with E-state index in [4.69, 9.17) is 10.3 Å². The molecule has 2 heterocycles. The van der Waals surface area contributed by atoms with Crippen LogP contribution < -0.4 is 11.3 Å². The van der Waals surface area contributed by atoms with Gasteiger partial charge in [-0.3, -0.25) is 4.79 Å². The largest absolute Gasteiger partial charge is 0.396 e. The van der Waals surface area contributed by atoms with Crippen molar-refractivity contribution in [3.8, 4) is 11.1 Å². The summed E-state index contributed by atoms with van der Waals surface area (Å²) in [5, 5.41) is 4.45. The van der Waals surface area contributed by atoms with E-state index in [1.807, 2.05) is 13.8 Å². The lowest BCUT2D eigenvalue weighted by atomic mass is 9.95. The first-order valence-corrected chi connectivity index (χ1v) is 9.12. The van der Waals surface area contributed by atoms with Gasteiger partial charge < -0.3 is 14.8 Å². The predicted octanol–water partition coefficient (Wildman–Crippen LogP) is 5.09. The van der Waals surface area contributed by atoms with Gasteiger partial charge in [0.1, 0.15) is 34.6 Å². The molecule has 2 N–H and O–H groups in total. The number of fused-ring (bicyclic) bond motifs is 3. The number of anilines is 1. The third-order valence-corrected chi connectivity index (χ3v) is 5.40. The van der Waals surface area contributed by atoms with Crippen molar-refractivity contribution < 1.29 is 17.7 Å². The Balaban J connectivity index is 2.22. The summed E-state index contributed by atoms with van der Waals surface area (Å²) >= 11 is 0. The zero-order valence-electron chi connectivity index (χ0n) is 16.0. The van der Waals surface area contributed by atoms with Crippen molar-refractivity contribution in [2.24, 2.45) is 0 Å². The van der Waals surface area contributed by atoms with Gasteiger partial charge in [0.2, 0.25) is 0 Å². The molecule has 4 rings (SSSR count). The van der Waals surface area contributed by atoms with Gasteiger partial charge in [-0.25, -0.2) is 13.2 Å². The van der Waals surface area contributed by atoms with Crippen LogP contribution in [-0.2, 0) is 0 Å². The van der Waals surface area contributed by atoms with E-state index >= 15 is 4.39 Å². The van der Waals surface area contributed by atoms with Crippen LogP contribution in [0.25, 0.3) is 32.9 Å². The van der Waals surface area contributed by atoms with E-state index in [-0.39, 0.29) is 39.3 Å². The number of hydrogen-bond acceptors (Lipinski definition) is 4. The van der Waals surface area contributed by atoms with E-state index in [1.54, 1.807) is 6.92 Å². The quantitative estimate of drug-likeness (QED) is 0.486. The second-order valence-corrected chi connectivity index (χ2v) is 7.12. The maximum Gasteiger partial charge on any atom is 0.264 e.